The molecule has 0 aromatic heterocycles. The standard InChI is InChI=1S/C14H17NO3.C14H19NO3.CH4/c16-14-15-13(9-18-14)12-3-1-10(2-4-12)11-5-7-17-8-6-11;1-15-13(14(16)17)12-4-2-10(3-5-12)11-6-8-18-9-7-11;/h1-4,11,13H,5-9H2,(H,15,16);2-5,11,13,15H,6-9H2,1H3,(H,16,17);1H4. The van der Waals surface area contributed by atoms with E-state index < -0.39 is 12.0 Å². The second kappa shape index (κ2) is 14.1. The van der Waals surface area contributed by atoms with E-state index in [1.54, 1.807) is 7.05 Å². The maximum Gasteiger partial charge on any atom is 0.407 e. The number of carboxylic acid groups (broad SMARTS) is 1. The Morgan fingerprint density at radius 3 is 1.73 bits per heavy atom. The Bertz CT molecular complexity index is 982. The third-order valence-electron chi connectivity index (χ3n) is 7.20. The normalized spacial score (nSPS) is 21.0. The number of hydrogen-bond donors (Lipinski definition) is 3. The Balaban J connectivity index is 0.000000200. The van der Waals surface area contributed by atoms with Crippen LogP contribution in [-0.4, -0.2) is 57.3 Å². The van der Waals surface area contributed by atoms with Crippen molar-refractivity contribution in [2.45, 2.75) is 57.0 Å². The molecule has 3 saturated heterocycles. The van der Waals surface area contributed by atoms with Crippen LogP contribution in [0.3, 0.4) is 0 Å². The largest absolute Gasteiger partial charge is 0.480 e. The van der Waals surface area contributed by atoms with Gasteiger partial charge in [0, 0.05) is 26.4 Å². The molecule has 3 heterocycles. The molecule has 2 unspecified atom stereocenters. The molecule has 8 nitrogen and oxygen atoms in total. The highest BCUT2D eigenvalue weighted by atomic mass is 16.6. The molecule has 3 fully saturated rings. The molecule has 0 aliphatic carbocycles. The number of carboxylic acids is 1. The summed E-state index contributed by atoms with van der Waals surface area (Å²) in [5.41, 5.74) is 4.55. The number of amides is 1. The van der Waals surface area contributed by atoms with Gasteiger partial charge in [-0.05, 0) is 66.8 Å². The van der Waals surface area contributed by atoms with Crippen molar-refractivity contribution in [3.05, 3.63) is 70.8 Å². The van der Waals surface area contributed by atoms with Crippen LogP contribution < -0.4 is 10.6 Å². The van der Waals surface area contributed by atoms with E-state index in [-0.39, 0.29) is 19.6 Å². The highest BCUT2D eigenvalue weighted by Gasteiger charge is 2.24. The SMILES string of the molecule is C.CNC(C(=O)O)c1ccc(C2CCOCC2)cc1.O=C1NC(c2ccc(C3CCOCC3)cc2)CO1. The predicted octanol–water partition coefficient (Wildman–Crippen LogP) is 4.92. The van der Waals surface area contributed by atoms with E-state index in [4.69, 9.17) is 19.3 Å². The van der Waals surface area contributed by atoms with Crippen molar-refractivity contribution >= 4 is 12.1 Å². The van der Waals surface area contributed by atoms with Gasteiger partial charge in [-0.15, -0.1) is 0 Å². The second-order valence-corrected chi connectivity index (χ2v) is 9.46. The minimum absolute atomic E-state index is 0. The average molecular weight is 513 g/mol. The number of alkyl carbamates (subject to hydrolysis) is 1. The highest BCUT2D eigenvalue weighted by Crippen LogP contribution is 2.29. The van der Waals surface area contributed by atoms with Gasteiger partial charge in [0.25, 0.3) is 0 Å². The summed E-state index contributed by atoms with van der Waals surface area (Å²) in [6.45, 7) is 3.79. The predicted molar refractivity (Wildman–Crippen MR) is 142 cm³/mol. The maximum absolute atomic E-state index is 11.0. The number of carbonyl (C=O) groups excluding carboxylic acids is 1. The van der Waals surface area contributed by atoms with Crippen LogP contribution in [0.2, 0.25) is 0 Å². The van der Waals surface area contributed by atoms with Gasteiger partial charge in [-0.25, -0.2) is 4.79 Å². The first-order valence-corrected chi connectivity index (χ1v) is 12.7. The minimum atomic E-state index is -0.851. The molecule has 0 saturated carbocycles. The van der Waals surface area contributed by atoms with E-state index in [1.807, 2.05) is 24.3 Å². The molecule has 0 spiro atoms. The smallest absolute Gasteiger partial charge is 0.407 e. The van der Waals surface area contributed by atoms with Crippen molar-refractivity contribution in [3.8, 4) is 0 Å². The van der Waals surface area contributed by atoms with Crippen molar-refractivity contribution in [2.24, 2.45) is 0 Å². The monoisotopic (exact) mass is 512 g/mol. The molecular formula is C29H40N2O6. The van der Waals surface area contributed by atoms with Crippen LogP contribution in [0, 0.1) is 0 Å². The molecule has 2 atom stereocenters. The number of ether oxygens (including phenoxy) is 3. The summed E-state index contributed by atoms with van der Waals surface area (Å²) >= 11 is 0. The summed E-state index contributed by atoms with van der Waals surface area (Å²) in [4.78, 5) is 22.0. The van der Waals surface area contributed by atoms with Gasteiger partial charge in [0.1, 0.15) is 12.6 Å². The maximum atomic E-state index is 11.0. The number of likely N-dealkylation sites (N-methyl/N-ethyl adjacent to an activating group) is 1. The number of hydrogen-bond acceptors (Lipinski definition) is 6. The number of carbonyl (C=O) groups is 2. The van der Waals surface area contributed by atoms with Crippen LogP contribution in [-0.2, 0) is 19.0 Å². The van der Waals surface area contributed by atoms with Crippen LogP contribution in [0.5, 0.6) is 0 Å². The number of aliphatic carboxylic acids is 1. The first kappa shape index (κ1) is 28.6. The lowest BCUT2D eigenvalue weighted by molar-refractivity contribution is -0.139. The lowest BCUT2D eigenvalue weighted by Crippen LogP contribution is -2.24. The number of cyclic esters (lactones) is 1. The molecule has 3 aliphatic heterocycles. The van der Waals surface area contributed by atoms with Gasteiger partial charge in [0.05, 0.1) is 6.04 Å². The number of benzene rings is 2. The average Bonchev–Trinajstić information content (AvgIpc) is 3.37. The summed E-state index contributed by atoms with van der Waals surface area (Å²) in [6, 6.07) is 15.8. The van der Waals surface area contributed by atoms with Gasteiger partial charge in [-0.3, -0.25) is 4.79 Å². The quantitative estimate of drug-likeness (QED) is 0.504. The number of rotatable bonds is 6. The summed E-state index contributed by atoms with van der Waals surface area (Å²) in [6.07, 6.45) is 3.97. The van der Waals surface area contributed by atoms with Gasteiger partial charge < -0.3 is 30.0 Å². The van der Waals surface area contributed by atoms with Crippen LogP contribution in [0.15, 0.2) is 48.5 Å². The highest BCUT2D eigenvalue weighted by molar-refractivity contribution is 5.75. The van der Waals surface area contributed by atoms with Crippen LogP contribution in [0.1, 0.15) is 79.3 Å². The zero-order valence-corrected chi connectivity index (χ0v) is 20.8. The lowest BCUT2D eigenvalue weighted by Gasteiger charge is -2.22. The molecule has 3 N–H and O–H groups in total. The van der Waals surface area contributed by atoms with E-state index in [1.165, 1.54) is 11.1 Å². The van der Waals surface area contributed by atoms with E-state index in [9.17, 15) is 9.59 Å². The van der Waals surface area contributed by atoms with Crippen molar-refractivity contribution in [2.75, 3.05) is 40.1 Å². The van der Waals surface area contributed by atoms with Gasteiger partial charge in [0.2, 0.25) is 0 Å². The molecule has 2 aromatic carbocycles. The van der Waals surface area contributed by atoms with Crippen LogP contribution in [0.4, 0.5) is 4.79 Å². The molecule has 2 aromatic rings. The fourth-order valence-corrected chi connectivity index (χ4v) is 5.02. The summed E-state index contributed by atoms with van der Waals surface area (Å²) in [7, 11) is 1.66. The van der Waals surface area contributed by atoms with Crippen LogP contribution in [0.25, 0.3) is 0 Å². The molecular weight excluding hydrogens is 472 g/mol. The summed E-state index contributed by atoms with van der Waals surface area (Å²) < 4.78 is 15.6. The molecule has 1 amide bonds. The van der Waals surface area contributed by atoms with Gasteiger partial charge in [-0.1, -0.05) is 56.0 Å². The first-order chi connectivity index (χ1) is 17.5. The van der Waals surface area contributed by atoms with Gasteiger partial charge >= 0.3 is 12.1 Å². The Morgan fingerprint density at radius 2 is 1.32 bits per heavy atom. The van der Waals surface area contributed by atoms with Crippen molar-refractivity contribution in [3.63, 3.8) is 0 Å². The fraction of sp³-hybridized carbons (Fsp3) is 0.517. The molecule has 0 radical (unpaired) electrons. The summed E-state index contributed by atoms with van der Waals surface area (Å²) in [5.74, 6) is 0.309. The van der Waals surface area contributed by atoms with Crippen molar-refractivity contribution in [1.29, 1.82) is 0 Å². The third kappa shape index (κ3) is 7.77. The van der Waals surface area contributed by atoms with Crippen LogP contribution >= 0.6 is 0 Å². The minimum Gasteiger partial charge on any atom is -0.480 e. The second-order valence-electron chi connectivity index (χ2n) is 9.46. The lowest BCUT2D eigenvalue weighted by atomic mass is 9.90. The zero-order valence-electron chi connectivity index (χ0n) is 20.8. The topological polar surface area (TPSA) is 106 Å². The fourth-order valence-electron chi connectivity index (χ4n) is 5.02. The Kier molecular flexibility index (Phi) is 10.9. The number of nitrogens with one attached hydrogen (secondary N) is 2. The van der Waals surface area contributed by atoms with Gasteiger partial charge in [-0.2, -0.15) is 0 Å². The molecule has 202 valence electrons. The Hall–Kier alpha value is -2.94. The first-order valence-electron chi connectivity index (χ1n) is 12.7. The van der Waals surface area contributed by atoms with E-state index in [0.29, 0.717) is 18.4 Å². The Morgan fingerprint density at radius 1 is 0.865 bits per heavy atom. The van der Waals surface area contributed by atoms with E-state index in [2.05, 4.69) is 34.9 Å². The van der Waals surface area contributed by atoms with Gasteiger partial charge in [0.15, 0.2) is 0 Å². The van der Waals surface area contributed by atoms with Crippen molar-refractivity contribution < 1.29 is 28.9 Å². The molecule has 8 heteroatoms. The molecule has 5 rings (SSSR count). The van der Waals surface area contributed by atoms with E-state index >= 15 is 0 Å². The molecule has 0 bridgehead atoms. The third-order valence-corrected chi connectivity index (χ3v) is 7.20. The molecule has 37 heavy (non-hydrogen) atoms. The molecule has 3 aliphatic rings. The zero-order chi connectivity index (χ0) is 25.3. The summed E-state index contributed by atoms with van der Waals surface area (Å²) in [5, 5.41) is 14.7. The van der Waals surface area contributed by atoms with E-state index in [0.717, 1.165) is 63.2 Å². The van der Waals surface area contributed by atoms with Crippen molar-refractivity contribution in [1.82, 2.24) is 10.6 Å². The Labute approximate surface area is 219 Å².